The van der Waals surface area contributed by atoms with Crippen LogP contribution in [0, 0.1) is 5.92 Å². The van der Waals surface area contributed by atoms with Gasteiger partial charge in [-0.1, -0.05) is 30.7 Å². The summed E-state index contributed by atoms with van der Waals surface area (Å²) in [7, 11) is 1.48. The number of methoxy groups -OCH3 is 1. The number of fused-ring (bicyclic) bond motifs is 1. The van der Waals surface area contributed by atoms with E-state index < -0.39 is 18.8 Å². The number of nitrogens with zero attached hydrogens (tertiary/aromatic N) is 2. The molecule has 1 aromatic heterocycles. The van der Waals surface area contributed by atoms with Crippen LogP contribution in [0.15, 0.2) is 40.8 Å². The number of hydrogen-bond acceptors (Lipinski definition) is 6. The molecule has 1 saturated heterocycles. The smallest absolute Gasteiger partial charge is 0.296 e. The average Bonchev–Trinajstić information content (AvgIpc) is 3.20. The Morgan fingerprint density at radius 2 is 2.25 bits per heavy atom. The van der Waals surface area contributed by atoms with Crippen LogP contribution >= 0.6 is 11.6 Å². The van der Waals surface area contributed by atoms with E-state index in [1.807, 2.05) is 6.92 Å². The molecule has 1 amide bonds. The molecule has 2 heterocycles. The first kappa shape index (κ1) is 22.4. The zero-order chi connectivity index (χ0) is 22.8. The van der Waals surface area contributed by atoms with Crippen LogP contribution in [0.4, 0.5) is 10.4 Å². The number of anilines is 1. The highest BCUT2D eigenvalue weighted by Gasteiger charge is 2.29. The molecular weight excluding hydrogens is 437 g/mol. The lowest BCUT2D eigenvalue weighted by Crippen LogP contribution is -2.44. The van der Waals surface area contributed by atoms with E-state index in [0.29, 0.717) is 52.5 Å². The van der Waals surface area contributed by atoms with Crippen molar-refractivity contribution in [2.24, 2.45) is 5.92 Å². The Kier molecular flexibility index (Phi) is 6.53. The number of alkyl halides is 1. The molecule has 1 fully saturated rings. The van der Waals surface area contributed by atoms with Gasteiger partial charge in [-0.15, -0.1) is 0 Å². The van der Waals surface area contributed by atoms with E-state index >= 15 is 0 Å². The maximum absolute atomic E-state index is 13.7. The van der Waals surface area contributed by atoms with Crippen molar-refractivity contribution in [3.63, 3.8) is 0 Å². The summed E-state index contributed by atoms with van der Waals surface area (Å²) in [6, 6.07) is 9.56. The van der Waals surface area contributed by atoms with Crippen LogP contribution < -0.4 is 10.1 Å². The largest absolute Gasteiger partial charge is 0.493 e. The molecule has 7 nitrogen and oxygen atoms in total. The highest BCUT2D eigenvalue weighted by molar-refractivity contribution is 6.30. The van der Waals surface area contributed by atoms with Crippen LogP contribution in [0.1, 0.15) is 35.3 Å². The minimum atomic E-state index is -0.699. The Bertz CT molecular complexity index is 1120. The third kappa shape index (κ3) is 4.52. The number of ether oxygens (including phenoxy) is 1. The van der Waals surface area contributed by atoms with Crippen LogP contribution in [-0.4, -0.2) is 53.9 Å². The summed E-state index contributed by atoms with van der Waals surface area (Å²) >= 11 is 6.03. The summed E-state index contributed by atoms with van der Waals surface area (Å²) in [4.78, 5) is 19.2. The zero-order valence-corrected chi connectivity index (χ0v) is 18.6. The number of halogens is 2. The van der Waals surface area contributed by atoms with Gasteiger partial charge in [0.2, 0.25) is 0 Å². The van der Waals surface area contributed by atoms with E-state index in [1.54, 1.807) is 41.3 Å². The molecule has 170 valence electrons. The fourth-order valence-electron chi connectivity index (χ4n) is 3.92. The maximum atomic E-state index is 13.7. The van der Waals surface area contributed by atoms with Crippen LogP contribution in [0.5, 0.6) is 5.75 Å². The van der Waals surface area contributed by atoms with E-state index in [1.165, 1.54) is 7.11 Å². The average molecular weight is 462 g/mol. The van der Waals surface area contributed by atoms with Gasteiger partial charge in [0.15, 0.2) is 11.3 Å². The Balaban J connectivity index is 1.61. The fourth-order valence-corrected chi connectivity index (χ4v) is 4.12. The van der Waals surface area contributed by atoms with Crippen molar-refractivity contribution in [2.45, 2.75) is 25.5 Å². The Labute approximate surface area is 190 Å². The molecule has 0 spiro atoms. The van der Waals surface area contributed by atoms with Gasteiger partial charge >= 0.3 is 0 Å². The van der Waals surface area contributed by atoms with Gasteiger partial charge < -0.3 is 24.5 Å². The first-order chi connectivity index (χ1) is 15.4. The summed E-state index contributed by atoms with van der Waals surface area (Å²) in [5.74, 6) is 0.198. The summed E-state index contributed by atoms with van der Waals surface area (Å²) in [6.45, 7) is 2.18. The lowest BCUT2D eigenvalue weighted by molar-refractivity contribution is 0.0297. The van der Waals surface area contributed by atoms with E-state index in [9.17, 15) is 14.3 Å². The molecule has 2 aromatic carbocycles. The maximum Gasteiger partial charge on any atom is 0.296 e. The first-order valence-corrected chi connectivity index (χ1v) is 10.8. The lowest BCUT2D eigenvalue weighted by Gasteiger charge is -2.34. The molecule has 1 aliphatic rings. The molecule has 0 saturated carbocycles. The van der Waals surface area contributed by atoms with Gasteiger partial charge in [0.25, 0.3) is 11.9 Å². The predicted molar refractivity (Wildman–Crippen MR) is 120 cm³/mol. The van der Waals surface area contributed by atoms with Crippen LogP contribution in [-0.2, 0) is 0 Å². The van der Waals surface area contributed by atoms with Crippen LogP contribution in [0.25, 0.3) is 11.1 Å². The molecule has 9 heteroatoms. The SMILES string of the molecule is COc1cc(C(=O)N2CCC(O)C(C)C2)cc2nc(NC(CF)c3cccc(Cl)c3)oc12. The van der Waals surface area contributed by atoms with Crippen molar-refractivity contribution >= 4 is 34.6 Å². The number of oxazole rings is 1. The van der Waals surface area contributed by atoms with Gasteiger partial charge in [0, 0.05) is 23.7 Å². The minimum Gasteiger partial charge on any atom is -0.493 e. The molecule has 0 radical (unpaired) electrons. The number of benzene rings is 2. The number of carbonyl (C=O) groups is 1. The summed E-state index contributed by atoms with van der Waals surface area (Å²) < 4.78 is 24.9. The van der Waals surface area contributed by atoms with Gasteiger partial charge in [-0.2, -0.15) is 4.98 Å². The molecule has 32 heavy (non-hydrogen) atoms. The van der Waals surface area contributed by atoms with E-state index in [2.05, 4.69) is 10.3 Å². The first-order valence-electron chi connectivity index (χ1n) is 10.4. The summed E-state index contributed by atoms with van der Waals surface area (Å²) in [6.07, 6.45) is 0.140. The molecule has 0 aliphatic carbocycles. The Morgan fingerprint density at radius 3 is 2.94 bits per heavy atom. The molecular formula is C23H25ClFN3O4. The zero-order valence-electron chi connectivity index (χ0n) is 17.8. The molecule has 3 atom stereocenters. The van der Waals surface area contributed by atoms with Crippen molar-refractivity contribution in [1.29, 1.82) is 0 Å². The van der Waals surface area contributed by atoms with E-state index in [0.717, 1.165) is 0 Å². The molecule has 0 bridgehead atoms. The minimum absolute atomic E-state index is 0.00491. The second-order valence-corrected chi connectivity index (χ2v) is 8.47. The third-order valence-electron chi connectivity index (χ3n) is 5.77. The molecule has 2 N–H and O–H groups in total. The predicted octanol–water partition coefficient (Wildman–Crippen LogP) is 4.46. The number of carbonyl (C=O) groups excluding carboxylic acids is 1. The van der Waals surface area contributed by atoms with Gasteiger partial charge in [-0.25, -0.2) is 4.39 Å². The third-order valence-corrected chi connectivity index (χ3v) is 6.01. The van der Waals surface area contributed by atoms with Gasteiger partial charge in [-0.3, -0.25) is 4.79 Å². The number of rotatable bonds is 6. The van der Waals surface area contributed by atoms with Crippen molar-refractivity contribution in [3.8, 4) is 5.75 Å². The van der Waals surface area contributed by atoms with Crippen LogP contribution in [0.2, 0.25) is 5.02 Å². The van der Waals surface area contributed by atoms with Crippen molar-refractivity contribution in [3.05, 3.63) is 52.5 Å². The summed E-state index contributed by atoms with van der Waals surface area (Å²) in [5.41, 5.74) is 1.85. The Morgan fingerprint density at radius 1 is 1.44 bits per heavy atom. The number of aromatic nitrogens is 1. The highest BCUT2D eigenvalue weighted by atomic mass is 35.5. The van der Waals surface area contributed by atoms with E-state index in [-0.39, 0.29) is 17.8 Å². The number of amides is 1. The number of likely N-dealkylation sites (tertiary alicyclic amines) is 1. The monoisotopic (exact) mass is 461 g/mol. The van der Waals surface area contributed by atoms with Crippen molar-refractivity contribution < 1.29 is 23.4 Å². The quantitative estimate of drug-likeness (QED) is 0.563. The van der Waals surface area contributed by atoms with Crippen molar-refractivity contribution in [2.75, 3.05) is 32.2 Å². The highest BCUT2D eigenvalue weighted by Crippen LogP contribution is 2.32. The molecule has 3 aromatic rings. The summed E-state index contributed by atoms with van der Waals surface area (Å²) in [5, 5.41) is 13.4. The van der Waals surface area contributed by atoms with Gasteiger partial charge in [0.05, 0.1) is 19.3 Å². The van der Waals surface area contributed by atoms with Gasteiger partial charge in [0.1, 0.15) is 12.2 Å². The number of piperidine rings is 1. The number of hydrogen-bond donors (Lipinski definition) is 2. The van der Waals surface area contributed by atoms with E-state index in [4.69, 9.17) is 20.8 Å². The Hall–Kier alpha value is -2.84. The number of nitrogens with one attached hydrogen (secondary N) is 1. The van der Waals surface area contributed by atoms with Crippen molar-refractivity contribution in [1.82, 2.24) is 9.88 Å². The molecule has 4 rings (SSSR count). The van der Waals surface area contributed by atoms with Gasteiger partial charge in [-0.05, 0) is 42.2 Å². The topological polar surface area (TPSA) is 87.8 Å². The molecule has 3 unspecified atom stereocenters. The number of aliphatic hydroxyl groups is 1. The second kappa shape index (κ2) is 9.34. The molecule has 1 aliphatic heterocycles. The standard InChI is InChI=1S/C23H25ClFN3O4/c1-13-12-28(7-6-19(13)29)22(30)15-9-17-21(20(10-15)31-2)32-23(26-17)27-18(11-25)14-4-3-5-16(24)8-14/h3-5,8-10,13,18-19,29H,6-7,11-12H2,1-2H3,(H,26,27). The fraction of sp³-hybridized carbons (Fsp3) is 0.391. The normalized spacial score (nSPS) is 19.7. The van der Waals surface area contributed by atoms with Crippen LogP contribution in [0.3, 0.4) is 0 Å². The number of aliphatic hydroxyl groups excluding tert-OH is 1. The second-order valence-electron chi connectivity index (χ2n) is 8.04. The lowest BCUT2D eigenvalue weighted by atomic mass is 9.96.